The monoisotopic (exact) mass is 311 g/mol. The van der Waals surface area contributed by atoms with Crippen LogP contribution in [-0.2, 0) is 4.74 Å². The zero-order chi connectivity index (χ0) is 13.3. The van der Waals surface area contributed by atoms with Crippen LogP contribution in [0.4, 0.5) is 5.95 Å². The summed E-state index contributed by atoms with van der Waals surface area (Å²) in [6, 6.07) is 6.21. The van der Waals surface area contributed by atoms with E-state index in [0.29, 0.717) is 18.5 Å². The molecule has 0 aliphatic carbocycles. The molecule has 1 atom stereocenters. The highest BCUT2D eigenvalue weighted by atomic mass is 79.9. The van der Waals surface area contributed by atoms with Gasteiger partial charge in [0, 0.05) is 11.6 Å². The Balaban J connectivity index is 2.57. The number of nitrogens with zero attached hydrogens (tertiary/aromatic N) is 2. The molecule has 2 rings (SSSR count). The second-order valence-electron chi connectivity index (χ2n) is 4.74. The Morgan fingerprint density at radius 3 is 2.78 bits per heavy atom. The molecule has 0 aliphatic rings. The van der Waals surface area contributed by atoms with Crippen LogP contribution in [0.25, 0.3) is 11.0 Å². The van der Waals surface area contributed by atoms with Gasteiger partial charge < -0.3 is 15.0 Å². The van der Waals surface area contributed by atoms with Crippen LogP contribution in [0.3, 0.4) is 0 Å². The lowest BCUT2D eigenvalue weighted by molar-refractivity contribution is 0.136. The first-order chi connectivity index (χ1) is 8.54. The average molecular weight is 312 g/mol. The summed E-state index contributed by atoms with van der Waals surface area (Å²) in [7, 11) is 1.71. The minimum absolute atomic E-state index is 0.196. The van der Waals surface area contributed by atoms with Crippen LogP contribution in [0, 0.1) is 5.92 Å². The molecule has 2 N–H and O–H groups in total. The lowest BCUT2D eigenvalue weighted by atomic mass is 10.0. The van der Waals surface area contributed by atoms with Crippen LogP contribution in [0.2, 0.25) is 0 Å². The maximum atomic E-state index is 6.05. The van der Waals surface area contributed by atoms with Crippen LogP contribution >= 0.6 is 15.9 Å². The van der Waals surface area contributed by atoms with Crippen molar-refractivity contribution in [1.82, 2.24) is 9.55 Å². The van der Waals surface area contributed by atoms with E-state index in [2.05, 4.69) is 39.3 Å². The third-order valence-corrected chi connectivity index (χ3v) is 3.61. The summed E-state index contributed by atoms with van der Waals surface area (Å²) in [5, 5.41) is 0. The van der Waals surface area contributed by atoms with Crippen LogP contribution in [0.15, 0.2) is 22.7 Å². The zero-order valence-electron chi connectivity index (χ0n) is 10.9. The number of halogens is 1. The first kappa shape index (κ1) is 13.4. The van der Waals surface area contributed by atoms with E-state index in [1.807, 2.05) is 18.2 Å². The first-order valence-corrected chi connectivity index (χ1v) is 6.75. The van der Waals surface area contributed by atoms with E-state index in [1.165, 1.54) is 0 Å². The Kier molecular flexibility index (Phi) is 3.92. The number of nitrogens with two attached hydrogens (primary N) is 1. The molecule has 98 valence electrons. The van der Waals surface area contributed by atoms with Gasteiger partial charge in [0.2, 0.25) is 5.95 Å². The third-order valence-electron chi connectivity index (χ3n) is 3.12. The number of hydrogen-bond donors (Lipinski definition) is 1. The molecule has 4 nitrogen and oxygen atoms in total. The molecule has 1 aromatic heterocycles. The van der Waals surface area contributed by atoms with E-state index in [1.54, 1.807) is 7.11 Å². The number of aromatic nitrogens is 2. The van der Waals surface area contributed by atoms with Gasteiger partial charge in [0.15, 0.2) is 0 Å². The van der Waals surface area contributed by atoms with E-state index >= 15 is 0 Å². The van der Waals surface area contributed by atoms with Crippen molar-refractivity contribution in [2.24, 2.45) is 5.92 Å². The van der Waals surface area contributed by atoms with Crippen LogP contribution in [-0.4, -0.2) is 23.3 Å². The average Bonchev–Trinajstić information content (AvgIpc) is 2.61. The summed E-state index contributed by atoms with van der Waals surface area (Å²) >= 11 is 3.45. The molecular weight excluding hydrogens is 294 g/mol. The van der Waals surface area contributed by atoms with E-state index in [0.717, 1.165) is 15.5 Å². The number of fused-ring (bicyclic) bond motifs is 1. The Labute approximate surface area is 115 Å². The van der Waals surface area contributed by atoms with Crippen molar-refractivity contribution in [1.29, 1.82) is 0 Å². The van der Waals surface area contributed by atoms with Crippen LogP contribution in [0.1, 0.15) is 19.9 Å². The summed E-state index contributed by atoms with van der Waals surface area (Å²) in [4.78, 5) is 4.41. The molecule has 1 unspecified atom stereocenters. The van der Waals surface area contributed by atoms with Crippen molar-refractivity contribution >= 4 is 32.9 Å². The number of rotatable bonds is 4. The number of anilines is 1. The number of ether oxygens (including phenoxy) is 1. The minimum Gasteiger partial charge on any atom is -0.383 e. The zero-order valence-corrected chi connectivity index (χ0v) is 12.4. The number of benzene rings is 1. The first-order valence-electron chi connectivity index (χ1n) is 5.96. The van der Waals surface area contributed by atoms with Gasteiger partial charge in [-0.2, -0.15) is 0 Å². The van der Waals surface area contributed by atoms with Gasteiger partial charge in [0.25, 0.3) is 0 Å². The fraction of sp³-hybridized carbons (Fsp3) is 0.462. The second-order valence-corrected chi connectivity index (χ2v) is 5.66. The van der Waals surface area contributed by atoms with E-state index < -0.39 is 0 Å². The van der Waals surface area contributed by atoms with Crippen molar-refractivity contribution < 1.29 is 4.74 Å². The number of hydrogen-bond acceptors (Lipinski definition) is 3. The highest BCUT2D eigenvalue weighted by Gasteiger charge is 2.20. The molecule has 0 saturated heterocycles. The maximum absolute atomic E-state index is 6.05. The predicted octanol–water partition coefficient (Wildman–Crippen LogP) is 3.22. The quantitative estimate of drug-likeness (QED) is 0.943. The Morgan fingerprint density at radius 2 is 2.17 bits per heavy atom. The molecule has 0 aliphatic heterocycles. The molecule has 0 fully saturated rings. The number of nitrogen functional groups attached to an aromatic ring is 1. The summed E-state index contributed by atoms with van der Waals surface area (Å²) in [6.45, 7) is 4.95. The second kappa shape index (κ2) is 5.28. The van der Waals surface area contributed by atoms with Gasteiger partial charge in [0.1, 0.15) is 0 Å². The SMILES string of the molecule is COCC(C(C)C)n1c(N)nc2cc(Br)ccc21. The van der Waals surface area contributed by atoms with Crippen LogP contribution < -0.4 is 5.73 Å². The van der Waals surface area contributed by atoms with Gasteiger partial charge >= 0.3 is 0 Å². The summed E-state index contributed by atoms with van der Waals surface area (Å²) in [6.07, 6.45) is 0. The number of imidazole rings is 1. The standard InChI is InChI=1S/C13H18BrN3O/c1-8(2)12(7-18-3)17-11-5-4-9(14)6-10(11)16-13(17)15/h4-6,8,12H,7H2,1-3H3,(H2,15,16). The third kappa shape index (κ3) is 2.37. The molecule has 5 heteroatoms. The lowest BCUT2D eigenvalue weighted by Crippen LogP contribution is -2.21. The fourth-order valence-electron chi connectivity index (χ4n) is 2.17. The summed E-state index contributed by atoms with van der Waals surface area (Å²) in [5.74, 6) is 0.965. The Bertz CT molecular complexity index is 550. The molecule has 1 aromatic carbocycles. The van der Waals surface area contributed by atoms with Crippen molar-refractivity contribution in [3.8, 4) is 0 Å². The molecule has 0 amide bonds. The molecule has 0 spiro atoms. The van der Waals surface area contributed by atoms with Gasteiger partial charge in [-0.1, -0.05) is 29.8 Å². The topological polar surface area (TPSA) is 53.1 Å². The highest BCUT2D eigenvalue weighted by molar-refractivity contribution is 9.10. The summed E-state index contributed by atoms with van der Waals surface area (Å²) in [5.41, 5.74) is 8.01. The van der Waals surface area contributed by atoms with E-state index in [9.17, 15) is 0 Å². The highest BCUT2D eigenvalue weighted by Crippen LogP contribution is 2.29. The maximum Gasteiger partial charge on any atom is 0.201 e. The predicted molar refractivity (Wildman–Crippen MR) is 77.6 cm³/mol. The normalized spacial score (nSPS) is 13.4. The lowest BCUT2D eigenvalue weighted by Gasteiger charge is -2.23. The van der Waals surface area contributed by atoms with Crippen molar-refractivity contribution in [2.45, 2.75) is 19.9 Å². The van der Waals surface area contributed by atoms with E-state index in [4.69, 9.17) is 10.5 Å². The molecule has 2 aromatic rings. The molecule has 18 heavy (non-hydrogen) atoms. The molecule has 1 heterocycles. The number of methoxy groups -OCH3 is 1. The van der Waals surface area contributed by atoms with Crippen LogP contribution in [0.5, 0.6) is 0 Å². The van der Waals surface area contributed by atoms with Gasteiger partial charge in [-0.05, 0) is 24.1 Å². The molecule has 0 saturated carbocycles. The summed E-state index contributed by atoms with van der Waals surface area (Å²) < 4.78 is 8.38. The molecular formula is C13H18BrN3O. The van der Waals surface area contributed by atoms with Gasteiger partial charge in [-0.3, -0.25) is 0 Å². The molecule has 0 bridgehead atoms. The van der Waals surface area contributed by atoms with Gasteiger partial charge in [0.05, 0.1) is 23.7 Å². The van der Waals surface area contributed by atoms with Gasteiger partial charge in [-0.25, -0.2) is 4.98 Å². The fourth-order valence-corrected chi connectivity index (χ4v) is 2.52. The van der Waals surface area contributed by atoms with Crippen molar-refractivity contribution in [3.63, 3.8) is 0 Å². The molecule has 0 radical (unpaired) electrons. The smallest absolute Gasteiger partial charge is 0.201 e. The van der Waals surface area contributed by atoms with E-state index in [-0.39, 0.29) is 6.04 Å². The Hall–Kier alpha value is -1.07. The minimum atomic E-state index is 0.196. The van der Waals surface area contributed by atoms with Crippen molar-refractivity contribution in [3.05, 3.63) is 22.7 Å². The van der Waals surface area contributed by atoms with Gasteiger partial charge in [-0.15, -0.1) is 0 Å². The van der Waals surface area contributed by atoms with Crippen molar-refractivity contribution in [2.75, 3.05) is 19.5 Å². The Morgan fingerprint density at radius 1 is 1.44 bits per heavy atom. The largest absolute Gasteiger partial charge is 0.383 e.